The third-order valence-corrected chi connectivity index (χ3v) is 5.42. The molecule has 2 fully saturated rings. The quantitative estimate of drug-likeness (QED) is 0.931. The van der Waals surface area contributed by atoms with Crippen molar-refractivity contribution in [2.75, 3.05) is 20.1 Å². The van der Waals surface area contributed by atoms with E-state index in [1.54, 1.807) is 18.9 Å². The molecule has 2 aliphatic rings. The van der Waals surface area contributed by atoms with Crippen LogP contribution in [0.15, 0.2) is 18.2 Å². The highest BCUT2D eigenvalue weighted by Crippen LogP contribution is 2.59. The lowest BCUT2D eigenvalue weighted by molar-refractivity contribution is -0.134. The minimum atomic E-state index is -0.481. The van der Waals surface area contributed by atoms with Crippen LogP contribution in [0.2, 0.25) is 0 Å². The molecular formula is C17H22F2N2O. The molecule has 1 saturated carbocycles. The van der Waals surface area contributed by atoms with E-state index in [0.717, 1.165) is 44.5 Å². The third-order valence-electron chi connectivity index (χ3n) is 5.42. The molecule has 5 heteroatoms. The van der Waals surface area contributed by atoms with Gasteiger partial charge in [-0.1, -0.05) is 0 Å². The van der Waals surface area contributed by atoms with Gasteiger partial charge in [-0.2, -0.15) is 0 Å². The summed E-state index contributed by atoms with van der Waals surface area (Å²) in [6, 6.07) is 2.92. The summed E-state index contributed by atoms with van der Waals surface area (Å²) in [6.45, 7) is 3.66. The number of nitrogens with zero attached hydrogens (tertiary/aromatic N) is 1. The zero-order chi connectivity index (χ0) is 15.9. The van der Waals surface area contributed by atoms with Crippen LogP contribution in [0.5, 0.6) is 0 Å². The highest BCUT2D eigenvalue weighted by Gasteiger charge is 2.58. The van der Waals surface area contributed by atoms with Gasteiger partial charge in [0, 0.05) is 18.5 Å². The Labute approximate surface area is 129 Å². The Morgan fingerprint density at radius 2 is 2.05 bits per heavy atom. The maximum Gasteiger partial charge on any atom is 0.226 e. The first kappa shape index (κ1) is 15.4. The summed E-state index contributed by atoms with van der Waals surface area (Å²) in [7, 11) is 1.68. The standard InChI is InChI=1S/C17H22F2N2O/c1-11(13-9-12(18)3-4-15(13)19)21(2)16(22)14-10-17(14)5-7-20-8-6-17/h3-4,9,11,14,20H,5-8,10H2,1-2H3/t11-,14+/m1/s1. The predicted molar refractivity (Wildman–Crippen MR) is 80.2 cm³/mol. The summed E-state index contributed by atoms with van der Waals surface area (Å²) >= 11 is 0. The molecule has 0 unspecified atom stereocenters. The van der Waals surface area contributed by atoms with Crippen LogP contribution in [0.1, 0.15) is 37.8 Å². The van der Waals surface area contributed by atoms with Gasteiger partial charge in [0.2, 0.25) is 5.91 Å². The van der Waals surface area contributed by atoms with Crippen LogP contribution < -0.4 is 5.32 Å². The topological polar surface area (TPSA) is 32.3 Å². The molecule has 0 bridgehead atoms. The number of carbonyl (C=O) groups is 1. The lowest BCUT2D eigenvalue weighted by Crippen LogP contribution is -2.36. The van der Waals surface area contributed by atoms with Gasteiger partial charge in [0.15, 0.2) is 0 Å². The first-order valence-corrected chi connectivity index (χ1v) is 7.87. The molecule has 3 rings (SSSR count). The molecule has 1 aromatic rings. The molecule has 1 spiro atoms. The second-order valence-corrected chi connectivity index (χ2v) is 6.66. The summed E-state index contributed by atoms with van der Waals surface area (Å²) < 4.78 is 27.2. The first-order chi connectivity index (χ1) is 10.4. The van der Waals surface area contributed by atoms with Gasteiger partial charge in [-0.3, -0.25) is 4.79 Å². The van der Waals surface area contributed by atoms with Crippen LogP contribution in [0, 0.1) is 23.0 Å². The van der Waals surface area contributed by atoms with E-state index in [0.29, 0.717) is 0 Å². The van der Waals surface area contributed by atoms with Crippen LogP contribution in [0.3, 0.4) is 0 Å². The molecule has 1 N–H and O–H groups in total. The Morgan fingerprint density at radius 3 is 2.73 bits per heavy atom. The van der Waals surface area contributed by atoms with E-state index >= 15 is 0 Å². The number of piperidine rings is 1. The van der Waals surface area contributed by atoms with Crippen molar-refractivity contribution in [3.63, 3.8) is 0 Å². The van der Waals surface area contributed by atoms with Crippen molar-refractivity contribution >= 4 is 5.91 Å². The van der Waals surface area contributed by atoms with Crippen molar-refractivity contribution in [2.24, 2.45) is 11.3 Å². The van der Waals surface area contributed by atoms with Gasteiger partial charge < -0.3 is 10.2 Å². The molecule has 0 radical (unpaired) electrons. The largest absolute Gasteiger partial charge is 0.339 e. The van der Waals surface area contributed by atoms with E-state index in [2.05, 4.69) is 5.32 Å². The van der Waals surface area contributed by atoms with Crippen LogP contribution in [-0.2, 0) is 4.79 Å². The minimum absolute atomic E-state index is 0.0404. The highest BCUT2D eigenvalue weighted by molar-refractivity contribution is 5.83. The van der Waals surface area contributed by atoms with Crippen LogP contribution in [0.4, 0.5) is 8.78 Å². The summed E-state index contributed by atoms with van der Waals surface area (Å²) in [4.78, 5) is 14.2. The molecule has 1 aliphatic carbocycles. The Balaban J connectivity index is 1.72. The number of rotatable bonds is 3. The minimum Gasteiger partial charge on any atom is -0.339 e. The van der Waals surface area contributed by atoms with Crippen LogP contribution >= 0.6 is 0 Å². The van der Waals surface area contributed by atoms with Crippen molar-refractivity contribution in [3.8, 4) is 0 Å². The monoisotopic (exact) mass is 308 g/mol. The van der Waals surface area contributed by atoms with E-state index in [1.807, 2.05) is 0 Å². The zero-order valence-electron chi connectivity index (χ0n) is 13.0. The number of nitrogens with one attached hydrogen (secondary N) is 1. The highest BCUT2D eigenvalue weighted by atomic mass is 19.1. The fourth-order valence-corrected chi connectivity index (χ4v) is 3.65. The Kier molecular flexibility index (Phi) is 3.93. The second-order valence-electron chi connectivity index (χ2n) is 6.66. The lowest BCUT2D eigenvalue weighted by atomic mass is 9.91. The van der Waals surface area contributed by atoms with Crippen molar-refractivity contribution < 1.29 is 13.6 Å². The van der Waals surface area contributed by atoms with Crippen molar-refractivity contribution in [1.82, 2.24) is 10.2 Å². The van der Waals surface area contributed by atoms with Gasteiger partial charge >= 0.3 is 0 Å². The van der Waals surface area contributed by atoms with Crippen molar-refractivity contribution in [2.45, 2.75) is 32.2 Å². The molecule has 1 saturated heterocycles. The van der Waals surface area contributed by atoms with Gasteiger partial charge in [0.1, 0.15) is 11.6 Å². The molecule has 1 aliphatic heterocycles. The maximum absolute atomic E-state index is 13.9. The number of halogens is 2. The molecule has 22 heavy (non-hydrogen) atoms. The fourth-order valence-electron chi connectivity index (χ4n) is 3.65. The number of amides is 1. The normalized spacial score (nSPS) is 24.1. The Hall–Kier alpha value is -1.49. The number of hydrogen-bond acceptors (Lipinski definition) is 2. The van der Waals surface area contributed by atoms with E-state index in [9.17, 15) is 13.6 Å². The van der Waals surface area contributed by atoms with E-state index in [1.165, 1.54) is 6.07 Å². The summed E-state index contributed by atoms with van der Waals surface area (Å²) in [5.41, 5.74) is 0.382. The number of benzene rings is 1. The van der Waals surface area contributed by atoms with E-state index in [4.69, 9.17) is 0 Å². The smallest absolute Gasteiger partial charge is 0.226 e. The SMILES string of the molecule is C[C@H](c1cc(F)ccc1F)N(C)C(=O)[C@@H]1CC12CCNCC2. The molecule has 1 aromatic carbocycles. The van der Waals surface area contributed by atoms with E-state index in [-0.39, 0.29) is 22.8 Å². The molecule has 2 atom stereocenters. The average molecular weight is 308 g/mol. The summed E-state index contributed by atoms with van der Waals surface area (Å²) in [6.07, 6.45) is 2.98. The molecule has 3 nitrogen and oxygen atoms in total. The molecular weight excluding hydrogens is 286 g/mol. The number of hydrogen-bond donors (Lipinski definition) is 1. The summed E-state index contributed by atoms with van der Waals surface area (Å²) in [5.74, 6) is -0.858. The molecule has 120 valence electrons. The van der Waals surface area contributed by atoms with Gasteiger partial charge in [-0.05, 0) is 62.9 Å². The Morgan fingerprint density at radius 1 is 1.36 bits per heavy atom. The maximum atomic E-state index is 13.9. The average Bonchev–Trinajstić information content (AvgIpc) is 3.21. The Bertz CT molecular complexity index is 584. The summed E-state index contributed by atoms with van der Waals surface area (Å²) in [5, 5.41) is 3.32. The second kappa shape index (κ2) is 5.61. The lowest BCUT2D eigenvalue weighted by Gasteiger charge is -2.28. The van der Waals surface area contributed by atoms with Crippen molar-refractivity contribution in [3.05, 3.63) is 35.4 Å². The van der Waals surface area contributed by atoms with Gasteiger partial charge in [0.05, 0.1) is 6.04 Å². The van der Waals surface area contributed by atoms with Crippen molar-refractivity contribution in [1.29, 1.82) is 0 Å². The zero-order valence-corrected chi connectivity index (χ0v) is 13.0. The van der Waals surface area contributed by atoms with Gasteiger partial charge in [-0.15, -0.1) is 0 Å². The van der Waals surface area contributed by atoms with Gasteiger partial charge in [-0.25, -0.2) is 8.78 Å². The molecule has 0 aromatic heterocycles. The van der Waals surface area contributed by atoms with Gasteiger partial charge in [0.25, 0.3) is 0 Å². The molecule has 1 amide bonds. The van der Waals surface area contributed by atoms with E-state index < -0.39 is 17.7 Å². The third kappa shape index (κ3) is 2.62. The molecule has 1 heterocycles. The predicted octanol–water partition coefficient (Wildman–Crippen LogP) is 2.87. The van der Waals surface area contributed by atoms with Crippen LogP contribution in [0.25, 0.3) is 0 Å². The fraction of sp³-hybridized carbons (Fsp3) is 0.588. The van der Waals surface area contributed by atoms with Crippen LogP contribution in [-0.4, -0.2) is 30.9 Å². The number of carbonyl (C=O) groups excluding carboxylic acids is 1. The first-order valence-electron chi connectivity index (χ1n) is 7.87.